The molecule has 15 nitrogen and oxygen atoms in total. The van der Waals surface area contributed by atoms with Gasteiger partial charge in [-0.05, 0) is 68.9 Å². The van der Waals surface area contributed by atoms with E-state index in [0.29, 0.717) is 107 Å². The summed E-state index contributed by atoms with van der Waals surface area (Å²) in [6, 6.07) is 7.03. The number of hydrogen-bond acceptors (Lipinski definition) is 12. The van der Waals surface area contributed by atoms with Crippen LogP contribution in [0.4, 0.5) is 4.39 Å². The zero-order chi connectivity index (χ0) is 40.5. The van der Waals surface area contributed by atoms with Gasteiger partial charge in [0.25, 0.3) is 11.8 Å². The molecule has 1 aromatic carbocycles. The molecule has 3 N–H and O–H groups in total. The van der Waals surface area contributed by atoms with Gasteiger partial charge in [-0.1, -0.05) is 12.7 Å². The van der Waals surface area contributed by atoms with Gasteiger partial charge in [0.05, 0.1) is 82.1 Å². The van der Waals surface area contributed by atoms with Crippen LogP contribution in [0, 0.1) is 17.2 Å². The fourth-order valence-electron chi connectivity index (χ4n) is 5.43. The first kappa shape index (κ1) is 46.0. The average molecular weight is 784 g/mol. The van der Waals surface area contributed by atoms with Crippen LogP contribution in [0.25, 0.3) is 11.0 Å². The van der Waals surface area contributed by atoms with Crippen molar-refractivity contribution in [2.24, 2.45) is 23.7 Å². The van der Waals surface area contributed by atoms with E-state index in [4.69, 9.17) is 39.4 Å². The van der Waals surface area contributed by atoms with E-state index in [1.54, 1.807) is 41.6 Å². The van der Waals surface area contributed by atoms with E-state index < -0.39 is 5.83 Å². The van der Waals surface area contributed by atoms with Gasteiger partial charge >= 0.3 is 0 Å². The monoisotopic (exact) mass is 783 g/mol. The van der Waals surface area contributed by atoms with Crippen molar-refractivity contribution < 1.29 is 42.4 Å². The van der Waals surface area contributed by atoms with Crippen molar-refractivity contribution in [1.29, 1.82) is 5.26 Å². The Bertz CT molecular complexity index is 1670. The molecule has 0 atom stereocenters. The zero-order valence-electron chi connectivity index (χ0n) is 33.1. The molecule has 1 aromatic heterocycles. The van der Waals surface area contributed by atoms with Gasteiger partial charge in [0.1, 0.15) is 12.6 Å². The van der Waals surface area contributed by atoms with E-state index in [-0.39, 0.29) is 36.6 Å². The zero-order valence-corrected chi connectivity index (χ0v) is 33.1. The van der Waals surface area contributed by atoms with Crippen LogP contribution in [0.1, 0.15) is 54.1 Å². The highest BCUT2D eigenvalue weighted by Crippen LogP contribution is 2.23. The number of carbonyl (C=O) groups is 2. The molecule has 0 unspecified atom stereocenters. The number of aliphatic imine (C=N–C) groups is 1. The van der Waals surface area contributed by atoms with Gasteiger partial charge in [-0.15, -0.1) is 0 Å². The molecule has 2 fully saturated rings. The molecule has 2 aromatic rings. The van der Waals surface area contributed by atoms with Gasteiger partial charge in [0.2, 0.25) is 0 Å². The van der Waals surface area contributed by atoms with Crippen LogP contribution in [0.2, 0.25) is 0 Å². The normalized spacial score (nSPS) is 15.4. The van der Waals surface area contributed by atoms with Crippen LogP contribution in [0.5, 0.6) is 0 Å². The summed E-state index contributed by atoms with van der Waals surface area (Å²) in [5.74, 6) is -0.447. The number of allylic oxidation sites excluding steroid dienone is 4. The molecule has 0 saturated carbocycles. The molecule has 308 valence electrons. The minimum atomic E-state index is -0.531. The number of fused-ring (bicyclic) bond motifs is 1. The number of imidazole rings is 1. The molecule has 4 rings (SSSR count). The smallest absolute Gasteiger partial charge is 0.289 e. The Morgan fingerprint density at radius 1 is 1.05 bits per heavy atom. The number of nitriles is 1. The highest BCUT2D eigenvalue weighted by atomic mass is 19.1. The second-order valence-electron chi connectivity index (χ2n) is 13.0. The van der Waals surface area contributed by atoms with Crippen molar-refractivity contribution in [2.75, 3.05) is 106 Å². The van der Waals surface area contributed by atoms with Crippen molar-refractivity contribution in [3.05, 3.63) is 65.3 Å². The summed E-state index contributed by atoms with van der Waals surface area (Å²) in [5.41, 5.74) is 8.53. The molecule has 2 saturated heterocycles. The second-order valence-corrected chi connectivity index (χ2v) is 13.0. The van der Waals surface area contributed by atoms with E-state index in [1.165, 1.54) is 12.5 Å². The van der Waals surface area contributed by atoms with Gasteiger partial charge in [-0.3, -0.25) is 14.6 Å². The fraction of sp³-hybridized carbons (Fsp3) is 0.575. The number of likely N-dealkylation sites (tertiary alicyclic amines) is 1. The molecule has 2 aliphatic heterocycles. The molecule has 0 aliphatic carbocycles. The van der Waals surface area contributed by atoms with Crippen LogP contribution in [0.15, 0.2) is 58.9 Å². The predicted molar refractivity (Wildman–Crippen MR) is 211 cm³/mol. The Morgan fingerprint density at radius 3 is 2.23 bits per heavy atom. The van der Waals surface area contributed by atoms with Crippen molar-refractivity contribution in [3.63, 3.8) is 0 Å². The number of hydrogen-bond donors (Lipinski definition) is 2. The number of nitrogens with one attached hydrogen (secondary N) is 1. The summed E-state index contributed by atoms with van der Waals surface area (Å²) in [6.45, 7) is 14.7. The molecular formula is C40H58FN7O8. The highest BCUT2D eigenvalue weighted by Gasteiger charge is 2.28. The minimum Gasteiger partial charge on any atom is -0.381 e. The van der Waals surface area contributed by atoms with E-state index in [0.717, 1.165) is 37.8 Å². The average Bonchev–Trinajstić information content (AvgIpc) is 3.52. The molecule has 3 heterocycles. The molecule has 0 spiro atoms. The molecule has 56 heavy (non-hydrogen) atoms. The quantitative estimate of drug-likeness (QED) is 0.0721. The maximum absolute atomic E-state index is 14.2. The van der Waals surface area contributed by atoms with Gasteiger partial charge in [0, 0.05) is 57.7 Å². The van der Waals surface area contributed by atoms with Crippen LogP contribution >= 0.6 is 0 Å². The number of aryl methyl sites for hydroxylation is 1. The Kier molecular flexibility index (Phi) is 21.8. The van der Waals surface area contributed by atoms with Gasteiger partial charge in [-0.2, -0.15) is 5.26 Å². The van der Waals surface area contributed by atoms with E-state index >= 15 is 0 Å². The van der Waals surface area contributed by atoms with E-state index in [9.17, 15) is 14.0 Å². The largest absolute Gasteiger partial charge is 0.381 e. The lowest BCUT2D eigenvalue weighted by molar-refractivity contribution is -0.000579. The van der Waals surface area contributed by atoms with Crippen molar-refractivity contribution in [2.45, 2.75) is 33.1 Å². The number of piperidine rings is 1. The van der Waals surface area contributed by atoms with Crippen LogP contribution in [-0.2, 0) is 35.5 Å². The van der Waals surface area contributed by atoms with Crippen molar-refractivity contribution in [1.82, 2.24) is 19.8 Å². The minimum absolute atomic E-state index is 0.0450. The first-order valence-electron chi connectivity index (χ1n) is 19.0. The SMILES string of the molecule is C1COC1.C=C/C(C#N)=C\C(F)=C(/C)COC/N=C(\C)C1CCN(C(=O)c2nc3ccc(C(=O)NCCOCCOCCOCCOCCN)cc3n2C)CC1. The summed E-state index contributed by atoms with van der Waals surface area (Å²) in [7, 11) is 1.77. The molecule has 0 radical (unpaired) electrons. The summed E-state index contributed by atoms with van der Waals surface area (Å²) in [5, 5.41) is 11.8. The lowest BCUT2D eigenvalue weighted by Crippen LogP contribution is -2.40. The Balaban J connectivity index is 0.00000197. The number of ether oxygens (including phenoxy) is 6. The maximum atomic E-state index is 14.2. The van der Waals surface area contributed by atoms with Gasteiger partial charge in [-0.25, -0.2) is 9.37 Å². The number of aromatic nitrogens is 2. The number of nitrogens with two attached hydrogens (primary N) is 1. The predicted octanol–water partition coefficient (Wildman–Crippen LogP) is 3.90. The lowest BCUT2D eigenvalue weighted by Gasteiger charge is -2.31. The van der Waals surface area contributed by atoms with E-state index in [2.05, 4.69) is 21.9 Å². The number of benzene rings is 1. The lowest BCUT2D eigenvalue weighted by atomic mass is 9.92. The van der Waals surface area contributed by atoms with Gasteiger partial charge in [0.15, 0.2) is 5.82 Å². The number of amides is 2. The number of nitrogens with zero attached hydrogens (tertiary/aromatic N) is 5. The maximum Gasteiger partial charge on any atom is 0.289 e. The third kappa shape index (κ3) is 16.0. The first-order valence-corrected chi connectivity index (χ1v) is 19.0. The first-order chi connectivity index (χ1) is 27.2. The third-order valence-corrected chi connectivity index (χ3v) is 8.96. The van der Waals surface area contributed by atoms with Crippen molar-refractivity contribution >= 4 is 28.6 Å². The van der Waals surface area contributed by atoms with Crippen LogP contribution in [0.3, 0.4) is 0 Å². The standard InChI is InChI=1S/C37H52FN7O7.C3H6O/c1-5-29(24-40)22-32(38)27(2)25-52-26-42-28(3)30-8-12-45(13-9-30)37(47)35-43-33-7-6-31(23-34(33)44(35)4)36(46)41-11-15-49-17-19-51-21-20-50-18-16-48-14-10-39;1-2-4-3-1/h5-7,22-23,30H,1,8-21,25-26,39H2,2-4H3,(H,41,46);1-3H2/b29-22+,32-27-,42-28+;. The van der Waals surface area contributed by atoms with E-state index in [1.807, 2.05) is 13.0 Å². The Morgan fingerprint density at radius 2 is 1.66 bits per heavy atom. The van der Waals surface area contributed by atoms with Crippen LogP contribution in [-0.4, -0.2) is 138 Å². The molecule has 2 aliphatic rings. The topological polar surface area (TPSA) is 185 Å². The molecule has 0 bridgehead atoms. The second kappa shape index (κ2) is 26.5. The highest BCUT2D eigenvalue weighted by molar-refractivity contribution is 5.99. The Labute approximate surface area is 329 Å². The fourth-order valence-corrected chi connectivity index (χ4v) is 5.43. The Hall–Kier alpha value is -4.34. The molecule has 2 amide bonds. The van der Waals surface area contributed by atoms with Crippen LogP contribution < -0.4 is 11.1 Å². The summed E-state index contributed by atoms with van der Waals surface area (Å²) in [4.78, 5) is 37.2. The number of carbonyl (C=O) groups excluding carboxylic acids is 2. The van der Waals surface area contributed by atoms with Crippen molar-refractivity contribution in [3.8, 4) is 6.07 Å². The number of halogens is 1. The molecular weight excluding hydrogens is 725 g/mol. The number of rotatable bonds is 23. The molecule has 16 heteroatoms. The summed E-state index contributed by atoms with van der Waals surface area (Å²) < 4.78 is 47.8. The summed E-state index contributed by atoms with van der Waals surface area (Å²) >= 11 is 0. The summed E-state index contributed by atoms with van der Waals surface area (Å²) in [6.07, 6.45) is 5.18. The van der Waals surface area contributed by atoms with Gasteiger partial charge < -0.3 is 48.9 Å². The third-order valence-electron chi connectivity index (χ3n) is 8.96.